The van der Waals surface area contributed by atoms with Crippen LogP contribution in [0.5, 0.6) is 0 Å². The van der Waals surface area contributed by atoms with Gasteiger partial charge in [0.05, 0.1) is 6.61 Å². The average Bonchev–Trinajstić information content (AvgIpc) is 2.59. The number of nitrogens with one attached hydrogen (secondary N) is 1. The number of nitrogens with zero attached hydrogens (tertiary/aromatic N) is 4. The minimum Gasteiger partial charge on any atom is -0.369 e. The molecule has 2 aliphatic heterocycles. The van der Waals surface area contributed by atoms with E-state index in [1.807, 2.05) is 4.68 Å². The molecule has 0 spiro atoms. The van der Waals surface area contributed by atoms with Crippen LogP contribution in [0, 0.1) is 0 Å². The van der Waals surface area contributed by atoms with Gasteiger partial charge in [0.1, 0.15) is 6.10 Å². The maximum Gasteiger partial charge on any atom is 0.223 e. The summed E-state index contributed by atoms with van der Waals surface area (Å²) in [5.41, 5.74) is 0. The van der Waals surface area contributed by atoms with E-state index >= 15 is 0 Å². The smallest absolute Gasteiger partial charge is 0.223 e. The molecule has 3 heterocycles. The van der Waals surface area contributed by atoms with Crippen LogP contribution in [0.15, 0.2) is 0 Å². The molecule has 1 fully saturated rings. The molecule has 94 valence electrons. The van der Waals surface area contributed by atoms with Gasteiger partial charge >= 0.3 is 0 Å². The average molecular weight is 237 g/mol. The van der Waals surface area contributed by atoms with Gasteiger partial charge in [-0.15, -0.1) is 0 Å². The lowest BCUT2D eigenvalue weighted by atomic mass is 10.2. The van der Waals surface area contributed by atoms with Crippen molar-refractivity contribution in [2.24, 2.45) is 0 Å². The molecule has 0 aliphatic carbocycles. The monoisotopic (exact) mass is 237 g/mol. The van der Waals surface area contributed by atoms with Gasteiger partial charge in [0.2, 0.25) is 5.95 Å². The molecule has 0 saturated carbocycles. The predicted octanol–water partition coefficient (Wildman–Crippen LogP) is 0.169. The molecule has 0 radical (unpaired) electrons. The maximum absolute atomic E-state index is 5.78. The molecule has 0 amide bonds. The van der Waals surface area contributed by atoms with Crippen LogP contribution in [0.2, 0.25) is 0 Å². The Morgan fingerprint density at radius 2 is 2.29 bits per heavy atom. The lowest BCUT2D eigenvalue weighted by Crippen LogP contribution is -2.28. The zero-order chi connectivity index (χ0) is 11.7. The van der Waals surface area contributed by atoms with Crippen LogP contribution in [0.25, 0.3) is 0 Å². The van der Waals surface area contributed by atoms with Gasteiger partial charge in [0, 0.05) is 26.7 Å². The summed E-state index contributed by atoms with van der Waals surface area (Å²) in [6.45, 7) is 4.67. The number of fused-ring (bicyclic) bond motifs is 1. The molecule has 1 saturated heterocycles. The number of aromatic nitrogens is 3. The number of hydrogen-bond donors (Lipinski definition) is 1. The van der Waals surface area contributed by atoms with Crippen molar-refractivity contribution >= 4 is 5.95 Å². The van der Waals surface area contributed by atoms with Crippen LogP contribution in [0.3, 0.4) is 0 Å². The van der Waals surface area contributed by atoms with Crippen LogP contribution in [-0.2, 0) is 11.3 Å². The maximum atomic E-state index is 5.78. The SMILES string of the molecule is CN1CCCn2nc(C3CCNCCO3)nc21. The predicted molar refractivity (Wildman–Crippen MR) is 64.1 cm³/mol. The molecule has 1 aromatic heterocycles. The molecule has 6 nitrogen and oxygen atoms in total. The van der Waals surface area contributed by atoms with Gasteiger partial charge in [-0.3, -0.25) is 0 Å². The fraction of sp³-hybridized carbons (Fsp3) is 0.818. The van der Waals surface area contributed by atoms with Gasteiger partial charge in [0.25, 0.3) is 0 Å². The second-order valence-electron chi connectivity index (χ2n) is 4.67. The van der Waals surface area contributed by atoms with Gasteiger partial charge in [-0.1, -0.05) is 0 Å². The van der Waals surface area contributed by atoms with E-state index in [1.165, 1.54) is 0 Å². The highest BCUT2D eigenvalue weighted by atomic mass is 16.5. The number of hydrogen-bond acceptors (Lipinski definition) is 5. The van der Waals surface area contributed by atoms with E-state index in [1.54, 1.807) is 0 Å². The molecule has 17 heavy (non-hydrogen) atoms. The molecule has 1 unspecified atom stereocenters. The number of aryl methyl sites for hydroxylation is 1. The van der Waals surface area contributed by atoms with Gasteiger partial charge < -0.3 is 15.0 Å². The molecule has 0 aromatic carbocycles. The summed E-state index contributed by atoms with van der Waals surface area (Å²) in [6, 6.07) is 0. The van der Waals surface area contributed by atoms with Crippen molar-refractivity contribution in [3.05, 3.63) is 5.82 Å². The van der Waals surface area contributed by atoms with Crippen LogP contribution in [-0.4, -0.2) is 48.1 Å². The van der Waals surface area contributed by atoms with E-state index < -0.39 is 0 Å². The van der Waals surface area contributed by atoms with E-state index in [9.17, 15) is 0 Å². The Morgan fingerprint density at radius 1 is 1.35 bits per heavy atom. The number of ether oxygens (including phenoxy) is 1. The van der Waals surface area contributed by atoms with E-state index in [2.05, 4.69) is 27.3 Å². The van der Waals surface area contributed by atoms with E-state index in [0.29, 0.717) is 0 Å². The Balaban J connectivity index is 1.83. The topological polar surface area (TPSA) is 55.2 Å². The Labute approximate surface area is 101 Å². The van der Waals surface area contributed by atoms with E-state index in [4.69, 9.17) is 4.74 Å². The van der Waals surface area contributed by atoms with Gasteiger partial charge in [-0.05, 0) is 19.4 Å². The molecule has 2 aliphatic rings. The fourth-order valence-corrected chi connectivity index (χ4v) is 2.40. The molecule has 1 atom stereocenters. The zero-order valence-electron chi connectivity index (χ0n) is 10.2. The summed E-state index contributed by atoms with van der Waals surface area (Å²) in [7, 11) is 2.07. The molecule has 6 heteroatoms. The van der Waals surface area contributed by atoms with E-state index in [0.717, 1.165) is 57.4 Å². The third-order valence-corrected chi connectivity index (χ3v) is 3.34. The summed E-state index contributed by atoms with van der Waals surface area (Å²) in [5, 5.41) is 7.90. The highest BCUT2D eigenvalue weighted by molar-refractivity contribution is 5.30. The third-order valence-electron chi connectivity index (χ3n) is 3.34. The van der Waals surface area contributed by atoms with Crippen molar-refractivity contribution in [2.45, 2.75) is 25.5 Å². The largest absolute Gasteiger partial charge is 0.369 e. The normalized spacial score (nSPS) is 25.5. The highest BCUT2D eigenvalue weighted by Crippen LogP contribution is 2.23. The third kappa shape index (κ3) is 2.14. The first-order valence-electron chi connectivity index (χ1n) is 6.33. The Bertz CT molecular complexity index is 383. The quantitative estimate of drug-likeness (QED) is 0.754. The Hall–Kier alpha value is -1.14. The molecular weight excluding hydrogens is 218 g/mol. The number of anilines is 1. The van der Waals surface area contributed by atoms with Crippen molar-refractivity contribution < 1.29 is 4.74 Å². The second-order valence-corrected chi connectivity index (χ2v) is 4.67. The van der Waals surface area contributed by atoms with Crippen LogP contribution in [0.1, 0.15) is 24.8 Å². The van der Waals surface area contributed by atoms with Gasteiger partial charge in [0.15, 0.2) is 5.82 Å². The van der Waals surface area contributed by atoms with E-state index in [-0.39, 0.29) is 6.10 Å². The zero-order valence-corrected chi connectivity index (χ0v) is 10.2. The lowest BCUT2D eigenvalue weighted by Gasteiger charge is -2.22. The molecule has 0 bridgehead atoms. The van der Waals surface area contributed by atoms with Gasteiger partial charge in [-0.2, -0.15) is 10.1 Å². The molecular formula is C11H19N5O. The first-order valence-corrected chi connectivity index (χ1v) is 6.33. The Morgan fingerprint density at radius 3 is 3.18 bits per heavy atom. The summed E-state index contributed by atoms with van der Waals surface area (Å²) in [5.74, 6) is 1.82. The summed E-state index contributed by atoms with van der Waals surface area (Å²) in [6.07, 6.45) is 2.14. The minimum atomic E-state index is 0.0523. The lowest BCUT2D eigenvalue weighted by molar-refractivity contribution is 0.0580. The highest BCUT2D eigenvalue weighted by Gasteiger charge is 2.24. The van der Waals surface area contributed by atoms with Gasteiger partial charge in [-0.25, -0.2) is 4.68 Å². The van der Waals surface area contributed by atoms with Crippen LogP contribution >= 0.6 is 0 Å². The van der Waals surface area contributed by atoms with Crippen molar-refractivity contribution in [1.82, 2.24) is 20.1 Å². The molecule has 1 N–H and O–H groups in total. The van der Waals surface area contributed by atoms with Crippen molar-refractivity contribution in [3.63, 3.8) is 0 Å². The van der Waals surface area contributed by atoms with Crippen LogP contribution < -0.4 is 10.2 Å². The minimum absolute atomic E-state index is 0.0523. The van der Waals surface area contributed by atoms with Crippen molar-refractivity contribution in [1.29, 1.82) is 0 Å². The fourth-order valence-electron chi connectivity index (χ4n) is 2.40. The summed E-state index contributed by atoms with van der Waals surface area (Å²) >= 11 is 0. The molecule has 1 aromatic rings. The standard InChI is InChI=1S/C11H19N5O/c1-15-6-2-7-16-11(15)13-10(14-16)9-3-4-12-5-8-17-9/h9,12H,2-8H2,1H3. The Kier molecular flexibility index (Phi) is 2.98. The first-order chi connectivity index (χ1) is 8.34. The van der Waals surface area contributed by atoms with Crippen LogP contribution in [0.4, 0.5) is 5.95 Å². The molecule has 3 rings (SSSR count). The second kappa shape index (κ2) is 4.62. The summed E-state index contributed by atoms with van der Waals surface area (Å²) < 4.78 is 7.78. The summed E-state index contributed by atoms with van der Waals surface area (Å²) in [4.78, 5) is 6.78. The number of rotatable bonds is 1. The van der Waals surface area contributed by atoms with Crippen molar-refractivity contribution in [3.8, 4) is 0 Å². The van der Waals surface area contributed by atoms with Crippen molar-refractivity contribution in [2.75, 3.05) is 38.2 Å². The first kappa shape index (κ1) is 11.0.